The number of aryl methyl sites for hydroxylation is 2. The number of benzene rings is 1. The zero-order valence-corrected chi connectivity index (χ0v) is 16.4. The zero-order chi connectivity index (χ0) is 18.8. The van der Waals surface area contributed by atoms with Gasteiger partial charge in [-0.15, -0.1) is 22.7 Å². The molecule has 3 aromatic heterocycles. The monoisotopic (exact) mass is 392 g/mol. The number of carbonyl (C=O) groups excluding carboxylic acids is 1. The minimum Gasteiger partial charge on any atom is -0.321 e. The van der Waals surface area contributed by atoms with Crippen molar-refractivity contribution in [2.75, 3.05) is 5.32 Å². The number of amides is 1. The highest BCUT2D eigenvalue weighted by atomic mass is 32.1. The average Bonchev–Trinajstić information content (AvgIpc) is 3.29. The largest absolute Gasteiger partial charge is 0.321 e. The minimum absolute atomic E-state index is 0.163. The van der Waals surface area contributed by atoms with Gasteiger partial charge in [-0.2, -0.15) is 0 Å². The number of rotatable bonds is 4. The standard InChI is InChI=1S/C20H16N4OS2/c1-12-18(27-20(22-12)16-5-3-4-10-21-16)19(25)24-15-8-6-14(7-9-15)17-11-26-13(2)23-17/h3-11H,1-2H3,(H,24,25). The lowest BCUT2D eigenvalue weighted by Gasteiger charge is -2.05. The van der Waals surface area contributed by atoms with Gasteiger partial charge in [-0.25, -0.2) is 9.97 Å². The number of pyridine rings is 1. The molecule has 27 heavy (non-hydrogen) atoms. The number of anilines is 1. The number of aromatic nitrogens is 3. The van der Waals surface area contributed by atoms with E-state index in [1.165, 1.54) is 11.3 Å². The fourth-order valence-electron chi connectivity index (χ4n) is 2.61. The second-order valence-electron chi connectivity index (χ2n) is 5.93. The van der Waals surface area contributed by atoms with Gasteiger partial charge >= 0.3 is 0 Å². The molecule has 0 aliphatic carbocycles. The Morgan fingerprint density at radius 3 is 2.48 bits per heavy atom. The van der Waals surface area contributed by atoms with Crippen LogP contribution in [0.5, 0.6) is 0 Å². The molecule has 134 valence electrons. The summed E-state index contributed by atoms with van der Waals surface area (Å²) >= 11 is 2.97. The fraction of sp³-hybridized carbons (Fsp3) is 0.100. The van der Waals surface area contributed by atoms with Gasteiger partial charge in [0.2, 0.25) is 0 Å². The molecule has 0 spiro atoms. The summed E-state index contributed by atoms with van der Waals surface area (Å²) < 4.78 is 0. The Labute approximate surface area is 164 Å². The summed E-state index contributed by atoms with van der Waals surface area (Å²) in [4.78, 5) is 26.5. The van der Waals surface area contributed by atoms with Crippen LogP contribution >= 0.6 is 22.7 Å². The first-order valence-electron chi connectivity index (χ1n) is 8.33. The van der Waals surface area contributed by atoms with Crippen LogP contribution < -0.4 is 5.32 Å². The van der Waals surface area contributed by atoms with E-state index in [4.69, 9.17) is 0 Å². The van der Waals surface area contributed by atoms with Gasteiger partial charge in [0.25, 0.3) is 5.91 Å². The molecular weight excluding hydrogens is 376 g/mol. The second-order valence-corrected chi connectivity index (χ2v) is 7.99. The maximum absolute atomic E-state index is 12.7. The highest BCUT2D eigenvalue weighted by Crippen LogP contribution is 2.28. The zero-order valence-electron chi connectivity index (χ0n) is 14.8. The van der Waals surface area contributed by atoms with E-state index in [9.17, 15) is 4.79 Å². The van der Waals surface area contributed by atoms with Gasteiger partial charge in [-0.05, 0) is 38.1 Å². The number of carbonyl (C=O) groups is 1. The molecule has 7 heteroatoms. The van der Waals surface area contributed by atoms with Gasteiger partial charge in [0, 0.05) is 22.8 Å². The molecule has 0 aliphatic rings. The van der Waals surface area contributed by atoms with Crippen LogP contribution in [0.25, 0.3) is 22.0 Å². The summed E-state index contributed by atoms with van der Waals surface area (Å²) in [5, 5.41) is 6.75. The van der Waals surface area contributed by atoms with Crippen LogP contribution in [-0.2, 0) is 0 Å². The van der Waals surface area contributed by atoms with E-state index >= 15 is 0 Å². The van der Waals surface area contributed by atoms with Gasteiger partial charge in [0.15, 0.2) is 0 Å². The minimum atomic E-state index is -0.163. The molecule has 1 aromatic carbocycles. The van der Waals surface area contributed by atoms with Crippen LogP contribution in [0.4, 0.5) is 5.69 Å². The predicted molar refractivity (Wildman–Crippen MR) is 110 cm³/mol. The summed E-state index contributed by atoms with van der Waals surface area (Å²) in [7, 11) is 0. The average molecular weight is 393 g/mol. The molecule has 0 bridgehead atoms. The Bertz CT molecular complexity index is 1080. The number of nitrogens with zero attached hydrogens (tertiary/aromatic N) is 3. The third kappa shape index (κ3) is 3.79. The van der Waals surface area contributed by atoms with E-state index in [2.05, 4.69) is 20.3 Å². The number of nitrogens with one attached hydrogen (secondary N) is 1. The summed E-state index contributed by atoms with van der Waals surface area (Å²) in [6, 6.07) is 13.3. The molecule has 0 radical (unpaired) electrons. The first-order chi connectivity index (χ1) is 13.1. The molecular formula is C20H16N4OS2. The van der Waals surface area contributed by atoms with Crippen LogP contribution in [0.2, 0.25) is 0 Å². The summed E-state index contributed by atoms with van der Waals surface area (Å²) in [5.41, 5.74) is 4.20. The number of hydrogen-bond acceptors (Lipinski definition) is 6. The molecule has 0 unspecified atom stereocenters. The molecule has 5 nitrogen and oxygen atoms in total. The lowest BCUT2D eigenvalue weighted by Crippen LogP contribution is -2.11. The van der Waals surface area contributed by atoms with Crippen molar-refractivity contribution in [1.29, 1.82) is 0 Å². The van der Waals surface area contributed by atoms with Crippen molar-refractivity contribution in [3.05, 3.63) is 69.6 Å². The predicted octanol–water partition coefficient (Wildman–Crippen LogP) is 5.20. The quantitative estimate of drug-likeness (QED) is 0.518. The van der Waals surface area contributed by atoms with Crippen molar-refractivity contribution >= 4 is 34.3 Å². The molecule has 0 saturated heterocycles. The van der Waals surface area contributed by atoms with Crippen LogP contribution in [0, 0.1) is 13.8 Å². The molecule has 0 saturated carbocycles. The third-order valence-corrected chi connectivity index (χ3v) is 5.90. The van der Waals surface area contributed by atoms with Crippen molar-refractivity contribution in [3.63, 3.8) is 0 Å². The normalized spacial score (nSPS) is 10.7. The van der Waals surface area contributed by atoms with Crippen LogP contribution in [-0.4, -0.2) is 20.9 Å². The first-order valence-corrected chi connectivity index (χ1v) is 10.0. The summed E-state index contributed by atoms with van der Waals surface area (Å²) in [5.74, 6) is -0.163. The Kier molecular flexibility index (Phi) is 4.79. The van der Waals surface area contributed by atoms with E-state index in [-0.39, 0.29) is 5.91 Å². The van der Waals surface area contributed by atoms with Gasteiger partial charge < -0.3 is 5.32 Å². The van der Waals surface area contributed by atoms with E-state index in [0.717, 1.165) is 32.7 Å². The van der Waals surface area contributed by atoms with Crippen molar-refractivity contribution < 1.29 is 4.79 Å². The van der Waals surface area contributed by atoms with Crippen molar-refractivity contribution in [3.8, 4) is 22.0 Å². The molecule has 4 rings (SSSR count). The first kappa shape index (κ1) is 17.5. The maximum atomic E-state index is 12.7. The number of thiazole rings is 2. The maximum Gasteiger partial charge on any atom is 0.267 e. The third-order valence-electron chi connectivity index (χ3n) is 3.94. The number of hydrogen-bond donors (Lipinski definition) is 1. The van der Waals surface area contributed by atoms with Gasteiger partial charge in [0.1, 0.15) is 9.88 Å². The van der Waals surface area contributed by atoms with E-state index < -0.39 is 0 Å². The molecule has 1 N–H and O–H groups in total. The Morgan fingerprint density at radius 2 is 1.81 bits per heavy atom. The molecule has 0 fully saturated rings. The van der Waals surface area contributed by atoms with Crippen molar-refractivity contribution in [2.45, 2.75) is 13.8 Å². The molecule has 1 amide bonds. The van der Waals surface area contributed by atoms with E-state index in [1.807, 2.05) is 61.7 Å². The lowest BCUT2D eigenvalue weighted by atomic mass is 10.1. The van der Waals surface area contributed by atoms with Crippen LogP contribution in [0.15, 0.2) is 54.0 Å². The molecule has 3 heterocycles. The highest BCUT2D eigenvalue weighted by Gasteiger charge is 2.17. The Balaban J connectivity index is 1.52. The van der Waals surface area contributed by atoms with Gasteiger partial charge in [-0.1, -0.05) is 18.2 Å². The smallest absolute Gasteiger partial charge is 0.267 e. The Hall–Kier alpha value is -2.90. The van der Waals surface area contributed by atoms with Crippen molar-refractivity contribution in [2.24, 2.45) is 0 Å². The molecule has 0 atom stereocenters. The second kappa shape index (κ2) is 7.38. The van der Waals surface area contributed by atoms with E-state index in [1.54, 1.807) is 17.5 Å². The van der Waals surface area contributed by atoms with Gasteiger partial charge in [0.05, 0.1) is 22.1 Å². The molecule has 0 aliphatic heterocycles. The lowest BCUT2D eigenvalue weighted by molar-refractivity contribution is 0.103. The Morgan fingerprint density at radius 1 is 1.00 bits per heavy atom. The SMILES string of the molecule is Cc1nc(-c2ccc(NC(=O)c3sc(-c4ccccn4)nc3C)cc2)cs1. The van der Waals surface area contributed by atoms with Crippen molar-refractivity contribution in [1.82, 2.24) is 15.0 Å². The van der Waals surface area contributed by atoms with Gasteiger partial charge in [-0.3, -0.25) is 9.78 Å². The fourth-order valence-corrected chi connectivity index (χ4v) is 4.17. The van der Waals surface area contributed by atoms with E-state index in [0.29, 0.717) is 10.6 Å². The topological polar surface area (TPSA) is 67.8 Å². The molecule has 4 aromatic rings. The summed E-state index contributed by atoms with van der Waals surface area (Å²) in [6.07, 6.45) is 1.72. The van der Waals surface area contributed by atoms with Crippen LogP contribution in [0.3, 0.4) is 0 Å². The highest BCUT2D eigenvalue weighted by molar-refractivity contribution is 7.17. The summed E-state index contributed by atoms with van der Waals surface area (Å²) in [6.45, 7) is 3.82. The van der Waals surface area contributed by atoms with Crippen LogP contribution in [0.1, 0.15) is 20.4 Å².